The highest BCUT2D eigenvalue weighted by atomic mass is 15.1. The van der Waals surface area contributed by atoms with E-state index in [2.05, 4.69) is 26.3 Å². The highest BCUT2D eigenvalue weighted by molar-refractivity contribution is 5.92. The van der Waals surface area contributed by atoms with Gasteiger partial charge in [0, 0.05) is 36.1 Å². The number of H-pyrrole nitrogens is 1. The Morgan fingerprint density at radius 2 is 2.08 bits per heavy atom. The molecule has 2 aliphatic carbocycles. The molecule has 0 radical (unpaired) electrons. The molecule has 0 aliphatic heterocycles. The number of hydrogen-bond donors (Lipinski definition) is 2. The zero-order valence-electron chi connectivity index (χ0n) is 13.6. The van der Waals surface area contributed by atoms with Crippen LogP contribution in [0.2, 0.25) is 0 Å². The summed E-state index contributed by atoms with van der Waals surface area (Å²) in [7, 11) is 0. The summed E-state index contributed by atoms with van der Waals surface area (Å²) in [6.07, 6.45) is 12.5. The van der Waals surface area contributed by atoms with Crippen LogP contribution in [0, 0.1) is 11.3 Å². The van der Waals surface area contributed by atoms with Crippen LogP contribution < -0.4 is 5.32 Å². The summed E-state index contributed by atoms with van der Waals surface area (Å²) in [5, 5.41) is 4.60. The molecule has 3 heterocycles. The second-order valence-electron chi connectivity index (χ2n) is 7.37. The molecule has 2 aliphatic rings. The van der Waals surface area contributed by atoms with E-state index in [1.54, 1.807) is 6.20 Å². The van der Waals surface area contributed by atoms with Gasteiger partial charge in [0.2, 0.25) is 5.95 Å². The lowest BCUT2D eigenvalue weighted by Gasteiger charge is -2.26. The van der Waals surface area contributed by atoms with E-state index in [1.807, 2.05) is 24.5 Å². The average Bonchev–Trinajstić information content (AvgIpc) is 3.34. The van der Waals surface area contributed by atoms with Gasteiger partial charge < -0.3 is 10.3 Å². The van der Waals surface area contributed by atoms with E-state index in [1.165, 1.54) is 32.1 Å². The highest BCUT2D eigenvalue weighted by Gasteiger charge is 2.44. The van der Waals surface area contributed by atoms with Gasteiger partial charge in [0.1, 0.15) is 5.65 Å². The van der Waals surface area contributed by atoms with Crippen LogP contribution in [0.3, 0.4) is 0 Å². The average molecular weight is 319 g/mol. The van der Waals surface area contributed by atoms with Crippen molar-refractivity contribution in [1.29, 1.82) is 0 Å². The molecule has 2 saturated carbocycles. The van der Waals surface area contributed by atoms with E-state index in [-0.39, 0.29) is 0 Å². The van der Waals surface area contributed by atoms with Crippen molar-refractivity contribution in [3.8, 4) is 11.3 Å². The Balaban J connectivity index is 1.40. The van der Waals surface area contributed by atoms with E-state index in [9.17, 15) is 0 Å². The van der Waals surface area contributed by atoms with Gasteiger partial charge in [-0.3, -0.25) is 0 Å². The summed E-state index contributed by atoms with van der Waals surface area (Å²) in [6.45, 7) is 1.00. The third-order valence-corrected chi connectivity index (χ3v) is 5.89. The van der Waals surface area contributed by atoms with E-state index in [0.29, 0.717) is 5.41 Å². The first-order valence-electron chi connectivity index (χ1n) is 8.81. The maximum Gasteiger partial charge on any atom is 0.223 e. The minimum Gasteiger partial charge on any atom is -0.354 e. The van der Waals surface area contributed by atoms with Crippen molar-refractivity contribution in [3.05, 3.63) is 36.8 Å². The molecule has 3 aromatic rings. The second kappa shape index (κ2) is 5.30. The maximum absolute atomic E-state index is 4.74. The van der Waals surface area contributed by atoms with Gasteiger partial charge in [0.15, 0.2) is 0 Å². The Hall–Kier alpha value is -2.43. The van der Waals surface area contributed by atoms with Crippen molar-refractivity contribution in [1.82, 2.24) is 19.9 Å². The Kier molecular flexibility index (Phi) is 3.08. The molecule has 0 atom stereocenters. The smallest absolute Gasteiger partial charge is 0.223 e. The molecular formula is C19H21N5. The van der Waals surface area contributed by atoms with E-state index < -0.39 is 0 Å². The fraction of sp³-hybridized carbons (Fsp3) is 0.421. The Morgan fingerprint density at radius 1 is 1.17 bits per heavy atom. The van der Waals surface area contributed by atoms with Crippen molar-refractivity contribution in [2.75, 3.05) is 11.9 Å². The van der Waals surface area contributed by atoms with Gasteiger partial charge in [-0.25, -0.2) is 15.0 Å². The molecule has 24 heavy (non-hydrogen) atoms. The predicted molar refractivity (Wildman–Crippen MR) is 94.6 cm³/mol. The van der Waals surface area contributed by atoms with Gasteiger partial charge in [-0.15, -0.1) is 0 Å². The van der Waals surface area contributed by atoms with Crippen LogP contribution in [0.25, 0.3) is 22.3 Å². The summed E-state index contributed by atoms with van der Waals surface area (Å²) in [5.41, 5.74) is 3.39. The van der Waals surface area contributed by atoms with Crippen LogP contribution in [-0.2, 0) is 0 Å². The number of nitrogens with zero attached hydrogens (tertiary/aromatic N) is 3. The first-order chi connectivity index (χ1) is 11.8. The molecule has 0 saturated heterocycles. The Bertz CT molecular complexity index is 876. The largest absolute Gasteiger partial charge is 0.354 e. The van der Waals surface area contributed by atoms with Crippen molar-refractivity contribution < 1.29 is 0 Å². The SMILES string of the molecule is c1cnc2[nH]cc(-c3ccnc(NCC45CCC(CC4)C5)n3)c2c1. The normalized spacial score (nSPS) is 25.4. The monoisotopic (exact) mass is 319 g/mol. The van der Waals surface area contributed by atoms with Gasteiger partial charge in [-0.2, -0.15) is 0 Å². The van der Waals surface area contributed by atoms with E-state index in [0.717, 1.165) is 40.7 Å². The quantitative estimate of drug-likeness (QED) is 0.762. The van der Waals surface area contributed by atoms with Crippen LogP contribution in [-0.4, -0.2) is 26.5 Å². The van der Waals surface area contributed by atoms with Crippen molar-refractivity contribution >= 4 is 17.0 Å². The Labute approximate surface area is 140 Å². The first-order valence-corrected chi connectivity index (χ1v) is 8.81. The number of aromatic amines is 1. The first kappa shape index (κ1) is 14.0. The summed E-state index contributed by atoms with van der Waals surface area (Å²) < 4.78 is 0. The zero-order valence-corrected chi connectivity index (χ0v) is 13.6. The third-order valence-electron chi connectivity index (χ3n) is 5.89. The molecule has 0 aromatic carbocycles. The van der Waals surface area contributed by atoms with Crippen molar-refractivity contribution in [3.63, 3.8) is 0 Å². The number of rotatable bonds is 4. The third kappa shape index (κ3) is 2.27. The zero-order chi connectivity index (χ0) is 16.0. The molecule has 0 unspecified atom stereocenters. The van der Waals surface area contributed by atoms with Crippen LogP contribution >= 0.6 is 0 Å². The molecule has 5 heteroatoms. The number of pyridine rings is 1. The standard InChI is InChI=1S/C19H21N5/c1-2-14-15(11-22-17(14)20-8-1)16-5-9-21-18(24-16)23-12-19-6-3-13(10-19)4-7-19/h1-2,5,8-9,11,13H,3-4,6-7,10,12H2,(H,20,22)(H,21,23,24). The molecule has 2 bridgehead atoms. The summed E-state index contributed by atoms with van der Waals surface area (Å²) in [6, 6.07) is 5.98. The molecule has 0 spiro atoms. The molecule has 0 amide bonds. The molecular weight excluding hydrogens is 298 g/mol. The predicted octanol–water partition coefficient (Wildman–Crippen LogP) is 4.01. The fourth-order valence-corrected chi connectivity index (χ4v) is 4.59. The lowest BCUT2D eigenvalue weighted by molar-refractivity contribution is 0.316. The maximum atomic E-state index is 4.74. The molecule has 3 aromatic heterocycles. The van der Waals surface area contributed by atoms with Crippen LogP contribution in [0.4, 0.5) is 5.95 Å². The number of nitrogens with one attached hydrogen (secondary N) is 2. The molecule has 2 fully saturated rings. The number of anilines is 1. The number of aromatic nitrogens is 4. The van der Waals surface area contributed by atoms with Crippen molar-refractivity contribution in [2.24, 2.45) is 11.3 Å². The van der Waals surface area contributed by atoms with E-state index >= 15 is 0 Å². The summed E-state index contributed by atoms with van der Waals surface area (Å²) in [4.78, 5) is 16.7. The highest BCUT2D eigenvalue weighted by Crippen LogP contribution is 2.53. The minimum atomic E-state index is 0.495. The molecule has 2 N–H and O–H groups in total. The topological polar surface area (TPSA) is 66.5 Å². The van der Waals surface area contributed by atoms with Crippen molar-refractivity contribution in [2.45, 2.75) is 32.1 Å². The van der Waals surface area contributed by atoms with Gasteiger partial charge in [-0.05, 0) is 61.6 Å². The van der Waals surface area contributed by atoms with Crippen LogP contribution in [0.15, 0.2) is 36.8 Å². The lowest BCUT2D eigenvalue weighted by Crippen LogP contribution is -2.25. The van der Waals surface area contributed by atoms with E-state index in [4.69, 9.17) is 4.98 Å². The van der Waals surface area contributed by atoms with Gasteiger partial charge >= 0.3 is 0 Å². The fourth-order valence-electron chi connectivity index (χ4n) is 4.59. The van der Waals surface area contributed by atoms with Crippen LogP contribution in [0.5, 0.6) is 0 Å². The molecule has 5 rings (SSSR count). The molecule has 5 nitrogen and oxygen atoms in total. The Morgan fingerprint density at radius 3 is 2.92 bits per heavy atom. The van der Waals surface area contributed by atoms with Gasteiger partial charge in [-0.1, -0.05) is 0 Å². The van der Waals surface area contributed by atoms with Gasteiger partial charge in [0.05, 0.1) is 5.69 Å². The minimum absolute atomic E-state index is 0.495. The number of fused-ring (bicyclic) bond motifs is 3. The summed E-state index contributed by atoms with van der Waals surface area (Å²) >= 11 is 0. The molecule has 122 valence electrons. The second-order valence-corrected chi connectivity index (χ2v) is 7.37. The van der Waals surface area contributed by atoms with Crippen LogP contribution in [0.1, 0.15) is 32.1 Å². The van der Waals surface area contributed by atoms with Gasteiger partial charge in [0.25, 0.3) is 0 Å². The lowest BCUT2D eigenvalue weighted by atomic mass is 9.84. The number of hydrogen-bond acceptors (Lipinski definition) is 4. The summed E-state index contributed by atoms with van der Waals surface area (Å²) in [5.74, 6) is 1.70.